The van der Waals surface area contributed by atoms with Gasteiger partial charge in [-0.1, -0.05) is 62.7 Å². The summed E-state index contributed by atoms with van der Waals surface area (Å²) in [5.74, 6) is 0. The van der Waals surface area contributed by atoms with E-state index in [0.29, 0.717) is 0 Å². The number of nitrogens with zero attached hydrogens (tertiary/aromatic N) is 1. The number of hydrogen-bond donors (Lipinski definition) is 0. The van der Waals surface area contributed by atoms with Gasteiger partial charge in [-0.15, -0.1) is 0 Å². The van der Waals surface area contributed by atoms with Gasteiger partial charge in [0.25, 0.3) is 0 Å². The molecule has 100 valence electrons. The predicted molar refractivity (Wildman–Crippen MR) is 86.2 cm³/mol. The molecule has 0 atom stereocenters. The van der Waals surface area contributed by atoms with Gasteiger partial charge in [0.1, 0.15) is 8.82 Å². The first-order valence-electron chi connectivity index (χ1n) is 6.28. The molecule has 3 rings (SSSR count). The van der Waals surface area contributed by atoms with Crippen LogP contribution in [0, 0.1) is 10.7 Å². The molecule has 5 heteroatoms. The summed E-state index contributed by atoms with van der Waals surface area (Å²) in [6, 6.07) is 8.64. The van der Waals surface area contributed by atoms with E-state index in [1.165, 1.54) is 21.7 Å². The highest BCUT2D eigenvalue weighted by Crippen LogP contribution is 2.41. The fraction of sp³-hybridized carbons (Fsp3) is 0.357. The van der Waals surface area contributed by atoms with Gasteiger partial charge < -0.3 is 9.64 Å². The summed E-state index contributed by atoms with van der Waals surface area (Å²) >= 11 is 5.53. The summed E-state index contributed by atoms with van der Waals surface area (Å²) in [5.41, 5.74) is 3.74. The van der Waals surface area contributed by atoms with Crippen molar-refractivity contribution in [2.45, 2.75) is 6.92 Å². The summed E-state index contributed by atoms with van der Waals surface area (Å²) < 4.78 is 6.43. The van der Waals surface area contributed by atoms with Crippen molar-refractivity contribution in [3.05, 3.63) is 33.7 Å². The van der Waals surface area contributed by atoms with Crippen molar-refractivity contribution in [2.75, 3.05) is 31.2 Å². The Morgan fingerprint density at radius 3 is 2.47 bits per heavy atom. The summed E-state index contributed by atoms with van der Waals surface area (Å²) in [7, 11) is 3.49. The number of hydrogen-bond acceptors (Lipinski definition) is 5. The zero-order valence-corrected chi connectivity index (χ0v) is 13.2. The lowest BCUT2D eigenvalue weighted by molar-refractivity contribution is 0.123. The van der Waals surface area contributed by atoms with Gasteiger partial charge in [0.05, 0.1) is 13.2 Å². The van der Waals surface area contributed by atoms with Crippen molar-refractivity contribution in [2.24, 2.45) is 0 Å². The molecule has 0 unspecified atom stereocenters. The normalized spacial score (nSPS) is 15.7. The van der Waals surface area contributed by atoms with Crippen LogP contribution in [0.1, 0.15) is 5.56 Å². The van der Waals surface area contributed by atoms with Crippen LogP contribution in [-0.2, 0) is 4.74 Å². The van der Waals surface area contributed by atoms with E-state index in [1.807, 2.05) is 0 Å². The average Bonchev–Trinajstić information content (AvgIpc) is 2.83. The molecule has 2 aromatic rings. The van der Waals surface area contributed by atoms with Crippen molar-refractivity contribution >= 4 is 37.9 Å². The second-order valence-corrected chi connectivity index (χ2v) is 7.39. The molecule has 0 aliphatic carbocycles. The molecular weight excluding hydrogens is 294 g/mol. The van der Waals surface area contributed by atoms with Crippen molar-refractivity contribution in [3.8, 4) is 11.1 Å². The van der Waals surface area contributed by atoms with Crippen LogP contribution in [0.4, 0.5) is 5.00 Å². The van der Waals surface area contributed by atoms with Gasteiger partial charge in [-0.05, 0) is 12.5 Å². The van der Waals surface area contributed by atoms with Crippen LogP contribution in [0.25, 0.3) is 11.1 Å². The Morgan fingerprint density at radius 2 is 1.79 bits per heavy atom. The van der Waals surface area contributed by atoms with Crippen LogP contribution in [0.2, 0.25) is 0 Å². The molecule has 0 amide bonds. The Morgan fingerprint density at radius 1 is 1.11 bits per heavy atom. The van der Waals surface area contributed by atoms with Gasteiger partial charge in [0.2, 0.25) is 0 Å². The van der Waals surface area contributed by atoms with Gasteiger partial charge in [-0.25, -0.2) is 0 Å². The standard InChI is InChI=1S/C14H15NOS3/c1-10-2-4-11(5-3-10)12-13(18-19-14(12)17)15-6-8-16-9-7-15/h2-5H,6-9H2,1H3. The first-order chi connectivity index (χ1) is 9.25. The highest BCUT2D eigenvalue weighted by molar-refractivity contribution is 7.80. The predicted octanol–water partition coefficient (Wildman–Crippen LogP) is 4.35. The summed E-state index contributed by atoms with van der Waals surface area (Å²) in [4.78, 5) is 2.40. The molecule has 1 aromatic carbocycles. The van der Waals surface area contributed by atoms with E-state index in [1.54, 1.807) is 20.7 Å². The highest BCUT2D eigenvalue weighted by Gasteiger charge is 2.19. The fourth-order valence-corrected chi connectivity index (χ4v) is 5.16. The Kier molecular flexibility index (Phi) is 3.98. The second-order valence-electron chi connectivity index (χ2n) is 4.60. The van der Waals surface area contributed by atoms with Crippen LogP contribution >= 0.6 is 32.9 Å². The minimum atomic E-state index is 0.808. The number of anilines is 1. The summed E-state index contributed by atoms with van der Waals surface area (Å²) in [6.45, 7) is 5.64. The maximum Gasteiger partial charge on any atom is 0.112 e. The minimum Gasteiger partial charge on any atom is -0.378 e. The third kappa shape index (κ3) is 2.74. The maximum absolute atomic E-state index is 5.53. The molecule has 2 nitrogen and oxygen atoms in total. The van der Waals surface area contributed by atoms with E-state index >= 15 is 0 Å². The monoisotopic (exact) mass is 309 g/mol. The fourth-order valence-electron chi connectivity index (χ4n) is 2.19. The number of morpholine rings is 1. The lowest BCUT2D eigenvalue weighted by Crippen LogP contribution is -2.35. The van der Waals surface area contributed by atoms with Crippen LogP contribution < -0.4 is 4.90 Å². The van der Waals surface area contributed by atoms with Gasteiger partial charge in [-0.2, -0.15) is 0 Å². The average molecular weight is 309 g/mol. The molecule has 2 heterocycles. The lowest BCUT2D eigenvalue weighted by Gasteiger charge is -2.28. The molecule has 1 aliphatic rings. The number of ether oxygens (including phenoxy) is 1. The third-order valence-electron chi connectivity index (χ3n) is 3.25. The van der Waals surface area contributed by atoms with Crippen molar-refractivity contribution in [1.82, 2.24) is 0 Å². The van der Waals surface area contributed by atoms with E-state index in [9.17, 15) is 0 Å². The van der Waals surface area contributed by atoms with E-state index in [0.717, 1.165) is 30.1 Å². The molecule has 1 saturated heterocycles. The van der Waals surface area contributed by atoms with Gasteiger partial charge in [-0.3, -0.25) is 0 Å². The lowest BCUT2D eigenvalue weighted by atomic mass is 10.1. The van der Waals surface area contributed by atoms with Gasteiger partial charge in [0, 0.05) is 18.7 Å². The van der Waals surface area contributed by atoms with E-state index in [-0.39, 0.29) is 0 Å². The Labute approximate surface area is 125 Å². The molecule has 19 heavy (non-hydrogen) atoms. The largest absolute Gasteiger partial charge is 0.378 e. The smallest absolute Gasteiger partial charge is 0.112 e. The SMILES string of the molecule is Cc1ccc(-c2c(N3CCOCC3)ssc2=S)cc1. The maximum atomic E-state index is 5.53. The van der Waals surface area contributed by atoms with Gasteiger partial charge >= 0.3 is 0 Å². The van der Waals surface area contributed by atoms with Crippen LogP contribution in [0.5, 0.6) is 0 Å². The summed E-state index contributed by atoms with van der Waals surface area (Å²) in [5, 5.41) is 1.31. The second kappa shape index (κ2) is 5.71. The number of benzene rings is 1. The topological polar surface area (TPSA) is 12.5 Å². The molecule has 1 fully saturated rings. The molecule has 0 bridgehead atoms. The van der Waals surface area contributed by atoms with Crippen molar-refractivity contribution in [3.63, 3.8) is 0 Å². The molecule has 0 radical (unpaired) electrons. The molecule has 0 saturated carbocycles. The van der Waals surface area contributed by atoms with Crippen LogP contribution in [-0.4, -0.2) is 26.3 Å². The highest BCUT2D eigenvalue weighted by atomic mass is 32.9. The first kappa shape index (κ1) is 13.2. The van der Waals surface area contributed by atoms with Gasteiger partial charge in [0.15, 0.2) is 0 Å². The van der Waals surface area contributed by atoms with Crippen molar-refractivity contribution in [1.29, 1.82) is 0 Å². The van der Waals surface area contributed by atoms with E-state index in [2.05, 4.69) is 36.1 Å². The zero-order chi connectivity index (χ0) is 13.2. The molecule has 0 spiro atoms. The number of aryl methyl sites for hydroxylation is 1. The molecular formula is C14H15NOS3. The first-order valence-corrected chi connectivity index (χ1v) is 8.84. The Balaban J connectivity index is 2.02. The molecule has 0 N–H and O–H groups in total. The zero-order valence-electron chi connectivity index (χ0n) is 10.7. The van der Waals surface area contributed by atoms with E-state index < -0.39 is 0 Å². The number of rotatable bonds is 2. The summed E-state index contributed by atoms with van der Waals surface area (Å²) in [6.07, 6.45) is 0. The third-order valence-corrected chi connectivity index (χ3v) is 6.31. The van der Waals surface area contributed by atoms with Crippen LogP contribution in [0.15, 0.2) is 24.3 Å². The molecule has 1 aliphatic heterocycles. The Hall–Kier alpha value is -0.750. The van der Waals surface area contributed by atoms with Crippen LogP contribution in [0.3, 0.4) is 0 Å². The quantitative estimate of drug-likeness (QED) is 0.604. The van der Waals surface area contributed by atoms with E-state index in [4.69, 9.17) is 17.0 Å². The van der Waals surface area contributed by atoms with Crippen molar-refractivity contribution < 1.29 is 4.74 Å². The minimum absolute atomic E-state index is 0.808. The Bertz CT molecular complexity index is 608. The molecule has 1 aromatic heterocycles.